The van der Waals surface area contributed by atoms with E-state index in [1.165, 1.54) is 0 Å². The highest BCUT2D eigenvalue weighted by Crippen LogP contribution is 2.32. The van der Waals surface area contributed by atoms with E-state index in [2.05, 4.69) is 15.6 Å². The maximum Gasteiger partial charge on any atom is 0.325 e. The third-order valence-corrected chi connectivity index (χ3v) is 5.54. The molecular weight excluding hydrogens is 412 g/mol. The van der Waals surface area contributed by atoms with Gasteiger partial charge in [0, 0.05) is 41.7 Å². The zero-order chi connectivity index (χ0) is 22.1. The van der Waals surface area contributed by atoms with E-state index in [4.69, 9.17) is 9.47 Å². The van der Waals surface area contributed by atoms with Gasteiger partial charge < -0.3 is 25.1 Å². The third-order valence-electron chi connectivity index (χ3n) is 5.54. The number of para-hydroxylation sites is 1. The van der Waals surface area contributed by atoms with Crippen LogP contribution in [0.2, 0.25) is 0 Å². The van der Waals surface area contributed by atoms with Crippen LogP contribution in [0.1, 0.15) is 12.0 Å². The summed E-state index contributed by atoms with van der Waals surface area (Å²) in [5, 5.41) is 6.39. The molecule has 0 bridgehead atoms. The molecule has 9 nitrogen and oxygen atoms in total. The van der Waals surface area contributed by atoms with Crippen molar-refractivity contribution in [3.8, 4) is 11.5 Å². The lowest BCUT2D eigenvalue weighted by atomic mass is 10.1. The quantitative estimate of drug-likeness (QED) is 0.534. The zero-order valence-electron chi connectivity index (χ0n) is 17.2. The lowest BCUT2D eigenvalue weighted by molar-refractivity contribution is -0.130. The molecule has 2 aliphatic rings. The summed E-state index contributed by atoms with van der Waals surface area (Å²) in [4.78, 5) is 41.8. The van der Waals surface area contributed by atoms with Crippen molar-refractivity contribution >= 4 is 34.4 Å². The zero-order valence-corrected chi connectivity index (χ0v) is 17.2. The molecule has 32 heavy (non-hydrogen) atoms. The molecule has 0 saturated carbocycles. The molecule has 1 aromatic heterocycles. The van der Waals surface area contributed by atoms with Crippen molar-refractivity contribution in [1.29, 1.82) is 0 Å². The molecule has 164 valence electrons. The van der Waals surface area contributed by atoms with Crippen LogP contribution < -0.4 is 20.1 Å². The van der Waals surface area contributed by atoms with Crippen LogP contribution >= 0.6 is 0 Å². The van der Waals surface area contributed by atoms with Gasteiger partial charge in [0.25, 0.3) is 5.91 Å². The molecule has 2 aromatic carbocycles. The molecule has 0 aliphatic carbocycles. The summed E-state index contributed by atoms with van der Waals surface area (Å²) >= 11 is 0. The number of fused-ring (bicyclic) bond motifs is 2. The highest BCUT2D eigenvalue weighted by Gasteiger charge is 2.39. The Hall–Kier alpha value is -4.01. The number of rotatable bonds is 5. The predicted molar refractivity (Wildman–Crippen MR) is 117 cm³/mol. The van der Waals surface area contributed by atoms with E-state index in [1.807, 2.05) is 30.5 Å². The fourth-order valence-electron chi connectivity index (χ4n) is 3.97. The maximum absolute atomic E-state index is 12.8. The number of ether oxygens (including phenoxy) is 2. The molecule has 1 saturated heterocycles. The smallest absolute Gasteiger partial charge is 0.325 e. The number of hydrogen-bond donors (Lipinski definition) is 3. The van der Waals surface area contributed by atoms with Gasteiger partial charge in [-0.05, 0) is 23.8 Å². The largest absolute Gasteiger partial charge is 0.490 e. The fraction of sp³-hybridized carbons (Fsp3) is 0.261. The van der Waals surface area contributed by atoms with Crippen molar-refractivity contribution in [2.24, 2.45) is 0 Å². The number of aromatic amines is 1. The van der Waals surface area contributed by atoms with Gasteiger partial charge in [-0.15, -0.1) is 0 Å². The molecule has 4 amide bonds. The average molecular weight is 434 g/mol. The number of aromatic nitrogens is 1. The summed E-state index contributed by atoms with van der Waals surface area (Å²) in [7, 11) is 0. The van der Waals surface area contributed by atoms with Gasteiger partial charge in [0.2, 0.25) is 5.91 Å². The minimum Gasteiger partial charge on any atom is -0.490 e. The molecule has 3 N–H and O–H groups in total. The second-order valence-corrected chi connectivity index (χ2v) is 7.75. The molecule has 0 unspecified atom stereocenters. The molecule has 2 aliphatic heterocycles. The van der Waals surface area contributed by atoms with Crippen molar-refractivity contribution in [3.05, 3.63) is 54.2 Å². The van der Waals surface area contributed by atoms with Crippen LogP contribution in [0, 0.1) is 0 Å². The average Bonchev–Trinajstić information content (AvgIpc) is 3.19. The highest BCUT2D eigenvalue weighted by atomic mass is 16.5. The van der Waals surface area contributed by atoms with Gasteiger partial charge in [-0.1, -0.05) is 18.2 Å². The predicted octanol–water partition coefficient (Wildman–Crippen LogP) is 2.43. The Balaban J connectivity index is 1.23. The first kappa shape index (κ1) is 19.9. The van der Waals surface area contributed by atoms with E-state index in [-0.39, 0.29) is 6.54 Å². The van der Waals surface area contributed by atoms with Crippen molar-refractivity contribution < 1.29 is 23.9 Å². The summed E-state index contributed by atoms with van der Waals surface area (Å²) in [5.41, 5.74) is 2.39. The van der Waals surface area contributed by atoms with Gasteiger partial charge in [-0.25, -0.2) is 4.79 Å². The van der Waals surface area contributed by atoms with Crippen molar-refractivity contribution in [1.82, 2.24) is 15.2 Å². The Morgan fingerprint density at radius 1 is 1.09 bits per heavy atom. The topological polar surface area (TPSA) is 113 Å². The Morgan fingerprint density at radius 2 is 1.91 bits per heavy atom. The SMILES string of the molecule is O=C(CN1C(=O)N[C@H](Cc2c[nH]c3ccccc23)C1=O)Nc1ccc2c(c1)OCCCO2. The number of urea groups is 1. The number of H-pyrrole nitrogens is 1. The first-order valence-electron chi connectivity index (χ1n) is 10.4. The van der Waals surface area contributed by atoms with E-state index < -0.39 is 23.9 Å². The summed E-state index contributed by atoms with van der Waals surface area (Å²) in [5.74, 6) is 0.272. The van der Waals surface area contributed by atoms with Gasteiger partial charge in [0.15, 0.2) is 11.5 Å². The van der Waals surface area contributed by atoms with Gasteiger partial charge in [-0.3, -0.25) is 14.5 Å². The van der Waals surface area contributed by atoms with Gasteiger partial charge >= 0.3 is 6.03 Å². The fourth-order valence-corrected chi connectivity index (χ4v) is 3.97. The van der Waals surface area contributed by atoms with E-state index in [9.17, 15) is 14.4 Å². The molecular formula is C23H22N4O5. The van der Waals surface area contributed by atoms with Crippen molar-refractivity contribution in [2.45, 2.75) is 18.9 Å². The monoisotopic (exact) mass is 434 g/mol. The summed E-state index contributed by atoms with van der Waals surface area (Å²) in [6.07, 6.45) is 2.96. The van der Waals surface area contributed by atoms with Crippen LogP contribution in [-0.2, 0) is 16.0 Å². The van der Waals surface area contributed by atoms with Crippen LogP contribution in [0.5, 0.6) is 11.5 Å². The second-order valence-electron chi connectivity index (χ2n) is 7.75. The van der Waals surface area contributed by atoms with Crippen LogP contribution in [0.15, 0.2) is 48.7 Å². The lowest BCUT2D eigenvalue weighted by Gasteiger charge is -2.14. The second kappa shape index (κ2) is 8.26. The van der Waals surface area contributed by atoms with E-state index in [0.29, 0.717) is 36.8 Å². The maximum atomic E-state index is 12.8. The number of benzene rings is 2. The minimum atomic E-state index is -0.715. The molecule has 0 spiro atoms. The van der Waals surface area contributed by atoms with E-state index in [1.54, 1.807) is 18.2 Å². The Kier molecular flexibility index (Phi) is 5.14. The summed E-state index contributed by atoms with van der Waals surface area (Å²) in [6.45, 7) is 0.735. The Bertz CT molecular complexity index is 1200. The van der Waals surface area contributed by atoms with E-state index in [0.717, 1.165) is 27.8 Å². The van der Waals surface area contributed by atoms with Crippen LogP contribution in [0.4, 0.5) is 10.5 Å². The number of anilines is 1. The van der Waals surface area contributed by atoms with E-state index >= 15 is 0 Å². The number of hydrogen-bond acceptors (Lipinski definition) is 5. The minimum absolute atomic E-state index is 0.342. The number of imide groups is 1. The molecule has 0 radical (unpaired) electrons. The van der Waals surface area contributed by atoms with Crippen LogP contribution in [0.3, 0.4) is 0 Å². The van der Waals surface area contributed by atoms with Gasteiger partial charge in [0.05, 0.1) is 13.2 Å². The first-order chi connectivity index (χ1) is 15.6. The number of carbonyl (C=O) groups is 3. The molecule has 9 heteroatoms. The number of amides is 4. The summed E-state index contributed by atoms with van der Waals surface area (Å²) in [6, 6.07) is 11.6. The number of nitrogens with zero attached hydrogens (tertiary/aromatic N) is 1. The van der Waals surface area contributed by atoms with Crippen LogP contribution in [0.25, 0.3) is 10.9 Å². The molecule has 3 heterocycles. The molecule has 1 atom stereocenters. The highest BCUT2D eigenvalue weighted by molar-refractivity contribution is 6.08. The normalized spacial score (nSPS) is 17.9. The molecule has 3 aromatic rings. The third kappa shape index (κ3) is 3.84. The first-order valence-corrected chi connectivity index (χ1v) is 10.4. The standard InChI is InChI=1S/C23H22N4O5/c28-21(25-15-6-7-19-20(11-15)32-9-3-8-31-19)13-27-22(29)18(26-23(27)30)10-14-12-24-17-5-2-1-4-16(14)17/h1-2,4-7,11-12,18,24H,3,8-10,13H2,(H,25,28)(H,26,30)/t18-/m1/s1. The Labute approximate surface area is 183 Å². The molecule has 1 fully saturated rings. The van der Waals surface area contributed by atoms with Gasteiger partial charge in [0.1, 0.15) is 12.6 Å². The summed E-state index contributed by atoms with van der Waals surface area (Å²) < 4.78 is 11.2. The lowest BCUT2D eigenvalue weighted by Crippen LogP contribution is -2.38. The van der Waals surface area contributed by atoms with Crippen molar-refractivity contribution in [2.75, 3.05) is 25.1 Å². The Morgan fingerprint density at radius 3 is 2.78 bits per heavy atom. The number of carbonyl (C=O) groups excluding carboxylic acids is 3. The molecule has 5 rings (SSSR count). The van der Waals surface area contributed by atoms with Crippen LogP contribution in [-0.4, -0.2) is 53.5 Å². The number of nitrogens with one attached hydrogen (secondary N) is 3. The van der Waals surface area contributed by atoms with Gasteiger partial charge in [-0.2, -0.15) is 0 Å². The van der Waals surface area contributed by atoms with Crippen molar-refractivity contribution in [3.63, 3.8) is 0 Å².